The van der Waals surface area contributed by atoms with Gasteiger partial charge in [0.25, 0.3) is 0 Å². The van der Waals surface area contributed by atoms with Crippen molar-refractivity contribution in [1.29, 1.82) is 0 Å². The zero-order valence-electron chi connectivity index (χ0n) is 12.0. The number of hydrogen-bond acceptors (Lipinski definition) is 3. The van der Waals surface area contributed by atoms with Crippen LogP contribution in [0.25, 0.3) is 0 Å². The van der Waals surface area contributed by atoms with Crippen LogP contribution in [0.2, 0.25) is 0 Å². The quantitative estimate of drug-likeness (QED) is 0.812. The normalized spacial score (nSPS) is 37.8. The van der Waals surface area contributed by atoms with E-state index in [9.17, 15) is 4.79 Å². The molecular formula is C14H26N2O2. The first kappa shape index (κ1) is 13.8. The second kappa shape index (κ2) is 5.57. The number of nitrogens with one attached hydrogen (secondary N) is 1. The Balaban J connectivity index is 2.02. The van der Waals surface area contributed by atoms with Gasteiger partial charge in [-0.3, -0.25) is 10.1 Å². The average Bonchev–Trinajstić information content (AvgIpc) is 2.65. The van der Waals surface area contributed by atoms with Crippen molar-refractivity contribution in [2.75, 3.05) is 7.11 Å². The molecule has 1 aliphatic carbocycles. The summed E-state index contributed by atoms with van der Waals surface area (Å²) in [4.78, 5) is 14.6. The fourth-order valence-electron chi connectivity index (χ4n) is 3.02. The molecule has 1 aliphatic heterocycles. The minimum atomic E-state index is 0.0153. The maximum absolute atomic E-state index is 12.5. The molecule has 4 heteroatoms. The Hall–Kier alpha value is -0.610. The lowest BCUT2D eigenvalue weighted by Crippen LogP contribution is -2.52. The van der Waals surface area contributed by atoms with E-state index in [1.807, 2.05) is 0 Å². The number of methoxy groups -OCH3 is 1. The molecule has 1 amide bonds. The summed E-state index contributed by atoms with van der Waals surface area (Å²) in [6, 6.07) is 0.399. The largest absolute Gasteiger partial charge is 0.381 e. The van der Waals surface area contributed by atoms with Crippen LogP contribution in [0.15, 0.2) is 0 Å². The van der Waals surface area contributed by atoms with Crippen molar-refractivity contribution in [2.24, 2.45) is 5.92 Å². The lowest BCUT2D eigenvalue weighted by atomic mass is 9.87. The van der Waals surface area contributed by atoms with E-state index in [-0.39, 0.29) is 12.2 Å². The van der Waals surface area contributed by atoms with E-state index in [2.05, 4.69) is 31.0 Å². The number of amides is 1. The smallest absolute Gasteiger partial charge is 0.241 e. The van der Waals surface area contributed by atoms with E-state index in [1.165, 1.54) is 0 Å². The molecule has 0 spiro atoms. The first-order chi connectivity index (χ1) is 8.62. The fourth-order valence-corrected chi connectivity index (χ4v) is 3.02. The Morgan fingerprint density at radius 2 is 2.11 bits per heavy atom. The van der Waals surface area contributed by atoms with Crippen LogP contribution in [0.4, 0.5) is 0 Å². The molecule has 1 saturated heterocycles. The van der Waals surface area contributed by atoms with Crippen LogP contribution in [0.3, 0.4) is 0 Å². The second-order valence-electron chi connectivity index (χ2n) is 5.68. The highest BCUT2D eigenvalue weighted by Gasteiger charge is 2.47. The number of rotatable bonds is 5. The number of carbonyl (C=O) groups is 1. The molecule has 2 fully saturated rings. The molecular weight excluding hydrogens is 228 g/mol. The molecule has 4 nitrogen and oxygen atoms in total. The standard InChI is InChI=1S/C14H26N2O2/c1-5-9(3)13-14(17)16(12(6-2)15-13)10-7-11(8-10)18-4/h9-13,15H,5-8H2,1-4H3. The van der Waals surface area contributed by atoms with Crippen molar-refractivity contribution in [2.45, 2.75) is 70.8 Å². The summed E-state index contributed by atoms with van der Waals surface area (Å²) in [6.45, 7) is 6.45. The number of nitrogens with zero attached hydrogens (tertiary/aromatic N) is 1. The second-order valence-corrected chi connectivity index (χ2v) is 5.68. The molecule has 18 heavy (non-hydrogen) atoms. The predicted octanol–water partition coefficient (Wildman–Crippen LogP) is 1.75. The Labute approximate surface area is 110 Å². The van der Waals surface area contributed by atoms with E-state index in [0.29, 0.717) is 24.0 Å². The van der Waals surface area contributed by atoms with Crippen molar-refractivity contribution in [3.05, 3.63) is 0 Å². The first-order valence-corrected chi connectivity index (χ1v) is 7.23. The molecule has 1 saturated carbocycles. The van der Waals surface area contributed by atoms with Gasteiger partial charge in [0, 0.05) is 13.2 Å². The Morgan fingerprint density at radius 1 is 1.44 bits per heavy atom. The van der Waals surface area contributed by atoms with Crippen LogP contribution in [-0.4, -0.2) is 42.3 Å². The summed E-state index contributed by atoms with van der Waals surface area (Å²) in [6.07, 6.45) is 4.58. The van der Waals surface area contributed by atoms with Gasteiger partial charge in [0.1, 0.15) is 0 Å². The zero-order chi connectivity index (χ0) is 13.3. The average molecular weight is 254 g/mol. The van der Waals surface area contributed by atoms with Crippen LogP contribution in [0.1, 0.15) is 46.5 Å². The third kappa shape index (κ3) is 2.28. The summed E-state index contributed by atoms with van der Waals surface area (Å²) in [5.41, 5.74) is 0. The first-order valence-electron chi connectivity index (χ1n) is 7.23. The van der Waals surface area contributed by atoms with Gasteiger partial charge < -0.3 is 9.64 Å². The van der Waals surface area contributed by atoms with Gasteiger partial charge in [-0.1, -0.05) is 27.2 Å². The lowest BCUT2D eigenvalue weighted by molar-refractivity contribution is -0.138. The number of ether oxygens (including phenoxy) is 1. The Bertz CT molecular complexity index is 302. The minimum Gasteiger partial charge on any atom is -0.381 e. The molecule has 2 rings (SSSR count). The van der Waals surface area contributed by atoms with Crippen molar-refractivity contribution in [3.63, 3.8) is 0 Å². The summed E-state index contributed by atoms with van der Waals surface area (Å²) < 4.78 is 5.32. The molecule has 3 unspecified atom stereocenters. The van der Waals surface area contributed by atoms with Gasteiger partial charge in [-0.25, -0.2) is 0 Å². The molecule has 3 atom stereocenters. The topological polar surface area (TPSA) is 41.6 Å². The zero-order valence-corrected chi connectivity index (χ0v) is 12.0. The highest BCUT2D eigenvalue weighted by atomic mass is 16.5. The van der Waals surface area contributed by atoms with E-state index >= 15 is 0 Å². The molecule has 1 heterocycles. The lowest BCUT2D eigenvalue weighted by Gasteiger charge is -2.42. The third-order valence-electron chi connectivity index (χ3n) is 4.62. The molecule has 104 valence electrons. The van der Waals surface area contributed by atoms with Crippen molar-refractivity contribution >= 4 is 5.91 Å². The maximum atomic E-state index is 12.5. The molecule has 0 aromatic rings. The Morgan fingerprint density at radius 3 is 2.61 bits per heavy atom. The Kier molecular flexibility index (Phi) is 4.28. The van der Waals surface area contributed by atoms with E-state index in [1.54, 1.807) is 7.11 Å². The molecule has 0 radical (unpaired) electrons. The number of hydrogen-bond donors (Lipinski definition) is 1. The molecule has 1 N–H and O–H groups in total. The number of carbonyl (C=O) groups excluding carboxylic acids is 1. The van der Waals surface area contributed by atoms with Gasteiger partial charge in [0.15, 0.2) is 0 Å². The maximum Gasteiger partial charge on any atom is 0.241 e. The van der Waals surface area contributed by atoms with Crippen LogP contribution in [-0.2, 0) is 9.53 Å². The summed E-state index contributed by atoms with van der Waals surface area (Å²) in [5.74, 6) is 0.714. The molecule has 0 aromatic carbocycles. The fraction of sp³-hybridized carbons (Fsp3) is 0.929. The van der Waals surface area contributed by atoms with Gasteiger partial charge in [0.05, 0.1) is 18.3 Å². The van der Waals surface area contributed by atoms with Crippen molar-refractivity contribution in [3.8, 4) is 0 Å². The van der Waals surface area contributed by atoms with Gasteiger partial charge in [-0.15, -0.1) is 0 Å². The monoisotopic (exact) mass is 254 g/mol. The van der Waals surface area contributed by atoms with Gasteiger partial charge in [0.2, 0.25) is 5.91 Å². The van der Waals surface area contributed by atoms with E-state index in [4.69, 9.17) is 4.74 Å². The van der Waals surface area contributed by atoms with Crippen LogP contribution >= 0.6 is 0 Å². The highest BCUT2D eigenvalue weighted by molar-refractivity contribution is 5.85. The summed E-state index contributed by atoms with van der Waals surface area (Å²) in [5, 5.41) is 3.51. The van der Waals surface area contributed by atoms with Crippen LogP contribution < -0.4 is 5.32 Å². The molecule has 2 aliphatic rings. The van der Waals surface area contributed by atoms with Crippen molar-refractivity contribution in [1.82, 2.24) is 10.2 Å². The summed E-state index contributed by atoms with van der Waals surface area (Å²) in [7, 11) is 1.75. The SMILES string of the molecule is CCC(C)C1NC(CC)N(C2CC(OC)C2)C1=O. The van der Waals surface area contributed by atoms with Crippen molar-refractivity contribution < 1.29 is 9.53 Å². The van der Waals surface area contributed by atoms with Crippen LogP contribution in [0.5, 0.6) is 0 Å². The molecule has 0 aromatic heterocycles. The minimum absolute atomic E-state index is 0.0153. The van der Waals surface area contributed by atoms with E-state index < -0.39 is 0 Å². The van der Waals surface area contributed by atoms with E-state index in [0.717, 1.165) is 25.7 Å². The summed E-state index contributed by atoms with van der Waals surface area (Å²) >= 11 is 0. The predicted molar refractivity (Wildman–Crippen MR) is 71.1 cm³/mol. The van der Waals surface area contributed by atoms with Gasteiger partial charge in [-0.2, -0.15) is 0 Å². The third-order valence-corrected chi connectivity index (χ3v) is 4.62. The van der Waals surface area contributed by atoms with Gasteiger partial charge in [-0.05, 0) is 25.2 Å². The molecule has 0 bridgehead atoms. The van der Waals surface area contributed by atoms with Gasteiger partial charge >= 0.3 is 0 Å². The van der Waals surface area contributed by atoms with Crippen LogP contribution in [0, 0.1) is 5.92 Å². The highest BCUT2D eigenvalue weighted by Crippen LogP contribution is 2.33.